The van der Waals surface area contributed by atoms with Gasteiger partial charge in [0.1, 0.15) is 11.2 Å². The Hall–Kier alpha value is -2.57. The quantitative estimate of drug-likeness (QED) is 0.409. The summed E-state index contributed by atoms with van der Waals surface area (Å²) >= 11 is 3.09. The van der Waals surface area contributed by atoms with Gasteiger partial charge in [-0.3, -0.25) is 9.47 Å². The SMILES string of the molecule is CS[C@@](C)(CN1CCc2sc(-c3ccc(F)c(F)c3)nc2C1)Cn1cc([N+](=O)[O-])[nH]c1=O. The molecule has 0 bridgehead atoms. The Morgan fingerprint density at radius 2 is 2.12 bits per heavy atom. The average molecular weight is 482 g/mol. The lowest BCUT2D eigenvalue weighted by Gasteiger charge is -2.35. The summed E-state index contributed by atoms with van der Waals surface area (Å²) in [5.41, 5.74) is 0.963. The number of aromatic amines is 1. The Labute approximate surface area is 190 Å². The molecule has 2 aromatic heterocycles. The van der Waals surface area contributed by atoms with E-state index in [0.717, 1.165) is 35.7 Å². The number of rotatable bonds is 7. The van der Waals surface area contributed by atoms with Gasteiger partial charge in [0, 0.05) is 41.4 Å². The predicted molar refractivity (Wildman–Crippen MR) is 120 cm³/mol. The molecule has 0 saturated carbocycles. The van der Waals surface area contributed by atoms with Gasteiger partial charge in [-0.1, -0.05) is 0 Å². The standard InChI is InChI=1S/C20H21F2N5O3S2/c1-20(31-2,11-26-9-17(27(29)30)24-19(26)28)10-25-6-5-16-15(8-25)23-18(32-16)12-3-4-13(21)14(22)7-12/h3-4,7,9H,5-6,8,10-11H2,1-2H3,(H,24,28)/t20-/m0/s1. The molecule has 0 saturated heterocycles. The van der Waals surface area contributed by atoms with Gasteiger partial charge in [0.25, 0.3) is 0 Å². The highest BCUT2D eigenvalue weighted by atomic mass is 32.2. The first-order valence-electron chi connectivity index (χ1n) is 9.83. The second-order valence-electron chi connectivity index (χ2n) is 7.96. The molecule has 0 fully saturated rings. The van der Waals surface area contributed by atoms with Crippen molar-refractivity contribution in [2.45, 2.75) is 31.2 Å². The molecule has 1 aliphatic rings. The molecule has 1 aromatic carbocycles. The molecule has 0 aliphatic carbocycles. The van der Waals surface area contributed by atoms with Gasteiger partial charge in [-0.05, 0) is 42.7 Å². The molecular formula is C20H21F2N5O3S2. The number of nitro groups is 1. The van der Waals surface area contributed by atoms with Crippen LogP contribution >= 0.6 is 23.1 Å². The van der Waals surface area contributed by atoms with Gasteiger partial charge in [-0.25, -0.2) is 18.6 Å². The monoisotopic (exact) mass is 481 g/mol. The number of hydrogen-bond donors (Lipinski definition) is 1. The zero-order valence-corrected chi connectivity index (χ0v) is 19.1. The highest BCUT2D eigenvalue weighted by Gasteiger charge is 2.31. The highest BCUT2D eigenvalue weighted by Crippen LogP contribution is 2.34. The van der Waals surface area contributed by atoms with Gasteiger partial charge in [-0.15, -0.1) is 11.3 Å². The van der Waals surface area contributed by atoms with Crippen molar-refractivity contribution in [2.24, 2.45) is 0 Å². The van der Waals surface area contributed by atoms with Gasteiger partial charge in [-0.2, -0.15) is 16.7 Å². The van der Waals surface area contributed by atoms with Crippen molar-refractivity contribution in [3.63, 3.8) is 0 Å². The van der Waals surface area contributed by atoms with E-state index >= 15 is 0 Å². The fourth-order valence-electron chi connectivity index (χ4n) is 3.78. The van der Waals surface area contributed by atoms with E-state index in [0.29, 0.717) is 30.2 Å². The van der Waals surface area contributed by atoms with Crippen LogP contribution in [0.4, 0.5) is 14.6 Å². The summed E-state index contributed by atoms with van der Waals surface area (Å²) in [6.07, 6.45) is 3.97. The summed E-state index contributed by atoms with van der Waals surface area (Å²) in [5.74, 6) is -2.11. The molecule has 8 nitrogen and oxygen atoms in total. The summed E-state index contributed by atoms with van der Waals surface area (Å²) in [6, 6.07) is 3.80. The second kappa shape index (κ2) is 8.75. The van der Waals surface area contributed by atoms with Gasteiger partial charge in [0.15, 0.2) is 11.6 Å². The molecule has 0 unspecified atom stereocenters. The van der Waals surface area contributed by atoms with Crippen molar-refractivity contribution in [3.8, 4) is 10.6 Å². The van der Waals surface area contributed by atoms with Crippen LogP contribution in [0.15, 0.2) is 29.2 Å². The Balaban J connectivity index is 1.49. The first-order valence-corrected chi connectivity index (χ1v) is 11.9. The van der Waals surface area contributed by atoms with Crippen LogP contribution in [-0.2, 0) is 19.5 Å². The fourth-order valence-corrected chi connectivity index (χ4v) is 5.42. The number of halogens is 2. The van der Waals surface area contributed by atoms with Crippen molar-refractivity contribution in [3.05, 3.63) is 67.2 Å². The number of thioether (sulfide) groups is 1. The van der Waals surface area contributed by atoms with Gasteiger partial charge in [0.05, 0.1) is 5.69 Å². The Morgan fingerprint density at radius 3 is 2.78 bits per heavy atom. The number of hydrogen-bond acceptors (Lipinski definition) is 7. The molecule has 0 spiro atoms. The number of benzene rings is 1. The van der Waals surface area contributed by atoms with Gasteiger partial charge < -0.3 is 10.1 Å². The highest BCUT2D eigenvalue weighted by molar-refractivity contribution is 8.00. The van der Waals surface area contributed by atoms with Crippen LogP contribution in [0, 0.1) is 21.7 Å². The minimum atomic E-state index is -0.895. The van der Waals surface area contributed by atoms with Crippen LogP contribution in [-0.4, -0.2) is 48.5 Å². The number of aromatic nitrogens is 3. The van der Waals surface area contributed by atoms with Crippen LogP contribution in [0.5, 0.6) is 0 Å². The molecule has 0 radical (unpaired) electrons. The van der Waals surface area contributed by atoms with Crippen LogP contribution in [0.3, 0.4) is 0 Å². The lowest BCUT2D eigenvalue weighted by molar-refractivity contribution is -0.389. The van der Waals surface area contributed by atoms with Crippen molar-refractivity contribution in [1.29, 1.82) is 0 Å². The first kappa shape index (κ1) is 22.6. The van der Waals surface area contributed by atoms with E-state index in [2.05, 4.69) is 14.9 Å². The van der Waals surface area contributed by atoms with Gasteiger partial charge in [0.2, 0.25) is 0 Å². The molecular weight excluding hydrogens is 460 g/mol. The summed E-state index contributed by atoms with van der Waals surface area (Å²) in [4.78, 5) is 32.7. The molecule has 3 aromatic rings. The summed E-state index contributed by atoms with van der Waals surface area (Å²) in [5, 5.41) is 11.6. The largest absolute Gasteiger partial charge is 0.413 e. The van der Waals surface area contributed by atoms with E-state index < -0.39 is 22.2 Å². The maximum absolute atomic E-state index is 13.6. The lowest BCUT2D eigenvalue weighted by Crippen LogP contribution is -2.44. The Kier molecular flexibility index (Phi) is 6.19. The molecule has 0 amide bonds. The van der Waals surface area contributed by atoms with Crippen LogP contribution in [0.25, 0.3) is 10.6 Å². The number of imidazole rings is 1. The van der Waals surface area contributed by atoms with Gasteiger partial charge >= 0.3 is 11.5 Å². The predicted octanol–water partition coefficient (Wildman–Crippen LogP) is 3.67. The fraction of sp³-hybridized carbons (Fsp3) is 0.400. The van der Waals surface area contributed by atoms with E-state index in [1.807, 2.05) is 13.2 Å². The Bertz CT molecular complexity index is 1220. The summed E-state index contributed by atoms with van der Waals surface area (Å²) < 4.78 is 27.8. The average Bonchev–Trinajstić information content (AvgIpc) is 3.33. The minimum absolute atomic E-state index is 0.317. The topological polar surface area (TPSA) is 97.1 Å². The lowest BCUT2D eigenvalue weighted by atomic mass is 10.1. The third-order valence-corrected chi connectivity index (χ3v) is 7.95. The van der Waals surface area contributed by atoms with E-state index in [9.17, 15) is 23.7 Å². The van der Waals surface area contributed by atoms with Crippen molar-refractivity contribution in [1.82, 2.24) is 19.4 Å². The van der Waals surface area contributed by atoms with E-state index in [1.54, 1.807) is 11.8 Å². The molecule has 3 heterocycles. The molecule has 1 atom stereocenters. The van der Waals surface area contributed by atoms with Crippen molar-refractivity contribution in [2.75, 3.05) is 19.3 Å². The molecule has 170 valence electrons. The van der Waals surface area contributed by atoms with Crippen LogP contribution in [0.1, 0.15) is 17.5 Å². The second-order valence-corrected chi connectivity index (χ2v) is 10.4. The van der Waals surface area contributed by atoms with Crippen molar-refractivity contribution >= 4 is 28.9 Å². The molecule has 32 heavy (non-hydrogen) atoms. The Morgan fingerprint density at radius 1 is 1.34 bits per heavy atom. The maximum Gasteiger partial charge on any atom is 0.413 e. The number of fused-ring (bicyclic) bond motifs is 1. The smallest absolute Gasteiger partial charge is 0.358 e. The number of nitrogens with zero attached hydrogens (tertiary/aromatic N) is 4. The van der Waals surface area contributed by atoms with E-state index in [4.69, 9.17) is 0 Å². The maximum atomic E-state index is 13.6. The molecule has 4 rings (SSSR count). The van der Waals surface area contributed by atoms with Crippen molar-refractivity contribution < 1.29 is 13.7 Å². The summed E-state index contributed by atoms with van der Waals surface area (Å²) in [7, 11) is 0. The first-order chi connectivity index (χ1) is 15.2. The third-order valence-electron chi connectivity index (χ3n) is 5.50. The van der Waals surface area contributed by atoms with Crippen LogP contribution < -0.4 is 5.69 Å². The third kappa shape index (κ3) is 4.62. The number of nitrogens with one attached hydrogen (secondary N) is 1. The van der Waals surface area contributed by atoms with Crippen LogP contribution in [0.2, 0.25) is 0 Å². The minimum Gasteiger partial charge on any atom is -0.358 e. The number of thiazole rings is 1. The van der Waals surface area contributed by atoms with E-state index in [-0.39, 0.29) is 10.6 Å². The molecule has 1 aliphatic heterocycles. The van der Waals surface area contributed by atoms with E-state index in [1.165, 1.54) is 28.2 Å². The normalized spacial score (nSPS) is 16.0. The molecule has 12 heteroatoms. The summed E-state index contributed by atoms with van der Waals surface area (Å²) in [6.45, 7) is 4.39. The zero-order valence-electron chi connectivity index (χ0n) is 17.4. The zero-order chi connectivity index (χ0) is 23.0. The molecule has 1 N–H and O–H groups in total. The number of H-pyrrole nitrogens is 1.